The molecule has 0 saturated carbocycles. The van der Waals surface area contributed by atoms with E-state index in [9.17, 15) is 9.90 Å². The van der Waals surface area contributed by atoms with Crippen LogP contribution in [0.2, 0.25) is 10.0 Å². The molecule has 5 rings (SSSR count). The number of benzene rings is 2. The SMILES string of the molecule is COn1c(=O)c(-c2c(Cl)cccc2Cl)cc2c(N)nc(-c3cccc(CN4CC[C@H](O)C4)c3)nc21. The zero-order chi connectivity index (χ0) is 24.7. The Balaban J connectivity index is 1.62. The van der Waals surface area contributed by atoms with Crippen LogP contribution in [0.1, 0.15) is 12.0 Å². The van der Waals surface area contributed by atoms with Crippen LogP contribution in [-0.4, -0.2) is 51.0 Å². The van der Waals surface area contributed by atoms with Crippen LogP contribution in [0, 0.1) is 0 Å². The Morgan fingerprint density at radius 3 is 2.57 bits per heavy atom. The first-order chi connectivity index (χ1) is 16.9. The number of rotatable bonds is 5. The summed E-state index contributed by atoms with van der Waals surface area (Å²) in [6.45, 7) is 2.21. The van der Waals surface area contributed by atoms with Crippen LogP contribution < -0.4 is 16.1 Å². The van der Waals surface area contributed by atoms with Crippen molar-refractivity contribution >= 4 is 40.1 Å². The highest BCUT2D eigenvalue weighted by Gasteiger charge is 2.22. The molecule has 1 aliphatic heterocycles. The van der Waals surface area contributed by atoms with Crippen LogP contribution in [0.5, 0.6) is 0 Å². The summed E-state index contributed by atoms with van der Waals surface area (Å²) in [7, 11) is 1.38. The number of hydrogen-bond donors (Lipinski definition) is 2. The first kappa shape index (κ1) is 23.6. The standard InChI is InChI=1S/C25H23Cl2N5O3/c1-35-32-24-18(11-17(25(32)34)21-19(26)6-3-7-20(21)27)22(28)29-23(30-24)15-5-2-4-14(10-15)12-31-9-8-16(33)13-31/h2-7,10-11,16,33H,8-9,12-13H2,1H3,(H2,28,29,30)/t16-/m0/s1. The fraction of sp³-hybridized carbons (Fsp3) is 0.240. The molecule has 2 aromatic heterocycles. The molecule has 8 nitrogen and oxygen atoms in total. The molecule has 35 heavy (non-hydrogen) atoms. The monoisotopic (exact) mass is 511 g/mol. The molecule has 1 atom stereocenters. The molecule has 0 bridgehead atoms. The van der Waals surface area contributed by atoms with Crippen molar-refractivity contribution in [2.45, 2.75) is 19.1 Å². The summed E-state index contributed by atoms with van der Waals surface area (Å²) in [6, 6.07) is 14.4. The van der Waals surface area contributed by atoms with E-state index in [1.807, 2.05) is 24.3 Å². The van der Waals surface area contributed by atoms with Crippen molar-refractivity contribution in [1.82, 2.24) is 19.6 Å². The zero-order valence-electron chi connectivity index (χ0n) is 18.9. The van der Waals surface area contributed by atoms with Crippen molar-refractivity contribution < 1.29 is 9.94 Å². The van der Waals surface area contributed by atoms with Crippen molar-refractivity contribution in [1.29, 1.82) is 0 Å². The van der Waals surface area contributed by atoms with Crippen LogP contribution in [-0.2, 0) is 6.54 Å². The van der Waals surface area contributed by atoms with E-state index in [1.54, 1.807) is 24.3 Å². The van der Waals surface area contributed by atoms with Gasteiger partial charge in [0.05, 0.1) is 27.1 Å². The average Bonchev–Trinajstić information content (AvgIpc) is 3.24. The highest BCUT2D eigenvalue weighted by atomic mass is 35.5. The summed E-state index contributed by atoms with van der Waals surface area (Å²) < 4.78 is 1.07. The topological polar surface area (TPSA) is 106 Å². The summed E-state index contributed by atoms with van der Waals surface area (Å²) in [4.78, 5) is 30.1. The van der Waals surface area contributed by atoms with Gasteiger partial charge in [-0.3, -0.25) is 9.69 Å². The van der Waals surface area contributed by atoms with Crippen molar-refractivity contribution in [3.8, 4) is 22.5 Å². The molecule has 180 valence electrons. The predicted octanol–water partition coefficient (Wildman–Crippen LogP) is 3.64. The van der Waals surface area contributed by atoms with Gasteiger partial charge in [0, 0.05) is 30.8 Å². The van der Waals surface area contributed by atoms with Gasteiger partial charge in [0.1, 0.15) is 12.9 Å². The Morgan fingerprint density at radius 1 is 1.14 bits per heavy atom. The maximum atomic E-state index is 13.3. The second-order valence-electron chi connectivity index (χ2n) is 8.48. The van der Waals surface area contributed by atoms with Crippen molar-refractivity contribution in [2.75, 3.05) is 25.9 Å². The summed E-state index contributed by atoms with van der Waals surface area (Å²) in [5, 5.41) is 10.9. The Morgan fingerprint density at radius 2 is 1.89 bits per heavy atom. The molecule has 0 spiro atoms. The Kier molecular flexibility index (Phi) is 6.37. The molecule has 2 aromatic carbocycles. The first-order valence-electron chi connectivity index (χ1n) is 11.1. The highest BCUT2D eigenvalue weighted by molar-refractivity contribution is 6.39. The van der Waals surface area contributed by atoms with Crippen molar-refractivity contribution in [3.63, 3.8) is 0 Å². The van der Waals surface area contributed by atoms with Gasteiger partial charge in [-0.1, -0.05) is 47.5 Å². The van der Waals surface area contributed by atoms with E-state index in [0.29, 0.717) is 39.9 Å². The van der Waals surface area contributed by atoms with E-state index in [0.717, 1.165) is 28.8 Å². The minimum atomic E-state index is -0.472. The quantitative estimate of drug-likeness (QED) is 0.421. The number of aliphatic hydroxyl groups excluding tert-OH is 1. The molecule has 0 amide bonds. The van der Waals surface area contributed by atoms with Crippen molar-refractivity contribution in [3.05, 3.63) is 74.5 Å². The molecule has 0 aliphatic carbocycles. The summed E-state index contributed by atoms with van der Waals surface area (Å²) in [5.41, 5.74) is 8.55. The zero-order valence-corrected chi connectivity index (χ0v) is 20.4. The maximum Gasteiger partial charge on any atom is 0.293 e. The van der Waals surface area contributed by atoms with Gasteiger partial charge in [0.2, 0.25) is 0 Å². The van der Waals surface area contributed by atoms with Crippen LogP contribution in [0.25, 0.3) is 33.5 Å². The van der Waals surface area contributed by atoms with Gasteiger partial charge in [-0.25, -0.2) is 9.97 Å². The van der Waals surface area contributed by atoms with E-state index >= 15 is 0 Å². The fourth-order valence-electron chi connectivity index (χ4n) is 4.43. The summed E-state index contributed by atoms with van der Waals surface area (Å²) >= 11 is 12.7. The number of β-amino-alcohol motifs (C(OH)–C–C–N with tert-alkyl or cyclic N) is 1. The van der Waals surface area contributed by atoms with Gasteiger partial charge in [-0.05, 0) is 36.2 Å². The van der Waals surface area contributed by atoms with Gasteiger partial charge in [-0.15, -0.1) is 4.73 Å². The molecular weight excluding hydrogens is 489 g/mol. The molecule has 1 saturated heterocycles. The number of pyridine rings is 1. The molecule has 3 heterocycles. The summed E-state index contributed by atoms with van der Waals surface area (Å²) in [5.74, 6) is 0.556. The smallest absolute Gasteiger partial charge is 0.293 e. The van der Waals surface area contributed by atoms with Gasteiger partial charge >= 0.3 is 0 Å². The molecule has 0 radical (unpaired) electrons. The molecule has 10 heteroatoms. The number of halogens is 2. The van der Waals surface area contributed by atoms with E-state index in [4.69, 9.17) is 33.8 Å². The second-order valence-corrected chi connectivity index (χ2v) is 9.30. The number of nitrogens with two attached hydrogens (primary N) is 1. The third-order valence-corrected chi connectivity index (χ3v) is 6.73. The third kappa shape index (κ3) is 4.46. The number of hydrogen-bond acceptors (Lipinski definition) is 7. The van der Waals surface area contributed by atoms with Gasteiger partial charge in [-0.2, -0.15) is 0 Å². The number of nitrogen functional groups attached to an aromatic ring is 1. The number of anilines is 1. The lowest BCUT2D eigenvalue weighted by Gasteiger charge is -2.16. The van der Waals surface area contributed by atoms with E-state index in [-0.39, 0.29) is 23.1 Å². The van der Waals surface area contributed by atoms with E-state index in [1.165, 1.54) is 7.11 Å². The van der Waals surface area contributed by atoms with E-state index in [2.05, 4.69) is 14.9 Å². The minimum Gasteiger partial charge on any atom is -0.412 e. The molecule has 4 aromatic rings. The van der Waals surface area contributed by atoms with Crippen LogP contribution in [0.15, 0.2) is 53.3 Å². The lowest BCUT2D eigenvalue weighted by molar-refractivity contribution is 0.168. The third-order valence-electron chi connectivity index (χ3n) is 6.10. The number of likely N-dealkylation sites (tertiary alicyclic amines) is 1. The fourth-order valence-corrected chi connectivity index (χ4v) is 5.04. The van der Waals surface area contributed by atoms with E-state index < -0.39 is 5.56 Å². The Hall–Kier alpha value is -3.17. The second kappa shape index (κ2) is 9.47. The average molecular weight is 512 g/mol. The first-order valence-corrected chi connectivity index (χ1v) is 11.8. The number of nitrogens with zero attached hydrogens (tertiary/aromatic N) is 4. The van der Waals surface area contributed by atoms with Gasteiger partial charge in [0.15, 0.2) is 11.5 Å². The lowest BCUT2D eigenvalue weighted by Crippen LogP contribution is -2.27. The van der Waals surface area contributed by atoms with Gasteiger partial charge in [0.25, 0.3) is 5.56 Å². The molecule has 1 fully saturated rings. The molecule has 0 unspecified atom stereocenters. The predicted molar refractivity (Wildman–Crippen MR) is 138 cm³/mol. The van der Waals surface area contributed by atoms with Crippen molar-refractivity contribution in [2.24, 2.45) is 0 Å². The molecule has 3 N–H and O–H groups in total. The lowest BCUT2D eigenvalue weighted by atomic mass is 10.1. The van der Waals surface area contributed by atoms with Crippen LogP contribution in [0.4, 0.5) is 5.82 Å². The largest absolute Gasteiger partial charge is 0.412 e. The number of fused-ring (bicyclic) bond motifs is 1. The minimum absolute atomic E-state index is 0.188. The molecule has 1 aliphatic rings. The van der Waals surface area contributed by atoms with Gasteiger partial charge < -0.3 is 15.7 Å². The number of aromatic nitrogens is 3. The highest BCUT2D eigenvalue weighted by Crippen LogP contribution is 2.35. The Labute approximate surface area is 211 Å². The number of aliphatic hydroxyl groups is 1. The molecular formula is C25H23Cl2N5O3. The maximum absolute atomic E-state index is 13.3. The Bertz CT molecular complexity index is 1470. The van der Waals surface area contributed by atoms with Crippen LogP contribution >= 0.6 is 23.2 Å². The van der Waals surface area contributed by atoms with Crippen LogP contribution in [0.3, 0.4) is 0 Å². The summed E-state index contributed by atoms with van der Waals surface area (Å²) in [6.07, 6.45) is 0.498. The normalized spacial score (nSPS) is 16.2.